The monoisotopic (exact) mass is 415 g/mol. The van der Waals surface area contributed by atoms with Crippen molar-refractivity contribution in [2.24, 2.45) is 0 Å². The zero-order valence-corrected chi connectivity index (χ0v) is 17.3. The molecule has 0 aliphatic rings. The van der Waals surface area contributed by atoms with Crippen LogP contribution < -0.4 is 10.4 Å². The average Bonchev–Trinajstić information content (AvgIpc) is 2.69. The second-order valence-corrected chi connectivity index (χ2v) is 7.92. The predicted molar refractivity (Wildman–Crippen MR) is 113 cm³/mol. The number of hydrogen-bond acceptors (Lipinski definition) is 7. The smallest absolute Gasteiger partial charge is 0.344 e. The van der Waals surface area contributed by atoms with E-state index in [-0.39, 0.29) is 17.8 Å². The molecule has 1 aromatic heterocycles. The fourth-order valence-electron chi connectivity index (χ4n) is 3.66. The van der Waals surface area contributed by atoms with Gasteiger partial charge in [0.1, 0.15) is 17.1 Å². The second-order valence-electron chi connectivity index (χ2n) is 7.92. The predicted octanol–water partition coefficient (Wildman–Crippen LogP) is 4.71. The molecule has 0 saturated carbocycles. The molecule has 1 heterocycles. The van der Waals surface area contributed by atoms with Gasteiger partial charge in [-0.25, -0.2) is 4.79 Å². The molecular formula is C22H25NO7. The summed E-state index contributed by atoms with van der Waals surface area (Å²) in [6.07, 6.45) is 3.02. The lowest BCUT2D eigenvalue weighted by atomic mass is 9.79. The van der Waals surface area contributed by atoms with Crippen LogP contribution in [0.4, 0.5) is 0 Å². The molecule has 1 N–H and O–H groups in total. The summed E-state index contributed by atoms with van der Waals surface area (Å²) in [5, 5.41) is 21.6. The molecule has 0 aliphatic carbocycles. The van der Waals surface area contributed by atoms with Crippen LogP contribution in [-0.4, -0.2) is 23.9 Å². The van der Waals surface area contributed by atoms with Crippen LogP contribution >= 0.6 is 0 Å². The molecule has 0 atom stereocenters. The minimum absolute atomic E-state index is 0.0389. The summed E-state index contributed by atoms with van der Waals surface area (Å²) in [6.45, 7) is 4.18. The van der Waals surface area contributed by atoms with E-state index in [1.54, 1.807) is 37.4 Å². The molecule has 0 spiro atoms. The maximum atomic E-state index is 12.4. The van der Waals surface area contributed by atoms with Crippen LogP contribution in [0.25, 0.3) is 21.7 Å². The highest BCUT2D eigenvalue weighted by Crippen LogP contribution is 2.38. The van der Waals surface area contributed by atoms with Gasteiger partial charge in [-0.05, 0) is 54.2 Å². The molecule has 30 heavy (non-hydrogen) atoms. The van der Waals surface area contributed by atoms with Gasteiger partial charge in [-0.15, -0.1) is 10.1 Å². The highest BCUT2D eigenvalue weighted by Gasteiger charge is 2.23. The van der Waals surface area contributed by atoms with Crippen molar-refractivity contribution in [3.05, 3.63) is 56.4 Å². The third kappa shape index (κ3) is 4.48. The zero-order valence-electron chi connectivity index (χ0n) is 17.3. The highest BCUT2D eigenvalue weighted by molar-refractivity contribution is 6.08. The number of hydrogen-bond donors (Lipinski definition) is 1. The van der Waals surface area contributed by atoms with Crippen LogP contribution in [0.3, 0.4) is 0 Å². The van der Waals surface area contributed by atoms with E-state index in [0.717, 1.165) is 24.8 Å². The molecule has 8 heteroatoms. The first-order chi connectivity index (χ1) is 14.2. The molecule has 2 aromatic carbocycles. The normalized spacial score (nSPS) is 11.7. The summed E-state index contributed by atoms with van der Waals surface area (Å²) in [4.78, 5) is 26.9. The van der Waals surface area contributed by atoms with Crippen molar-refractivity contribution < 1.29 is 24.2 Å². The number of benzene rings is 2. The third-order valence-electron chi connectivity index (χ3n) is 5.42. The molecular weight excluding hydrogens is 390 g/mol. The van der Waals surface area contributed by atoms with Crippen LogP contribution in [0.1, 0.15) is 45.1 Å². The summed E-state index contributed by atoms with van der Waals surface area (Å²) in [5.74, 6) is 0.622. The average molecular weight is 415 g/mol. The molecule has 3 aromatic rings. The topological polar surface area (TPSA) is 112 Å². The highest BCUT2D eigenvalue weighted by atomic mass is 16.9. The zero-order chi connectivity index (χ0) is 21.9. The van der Waals surface area contributed by atoms with E-state index < -0.39 is 10.7 Å². The van der Waals surface area contributed by atoms with Gasteiger partial charge in [-0.3, -0.25) is 0 Å². The van der Waals surface area contributed by atoms with Crippen molar-refractivity contribution in [3.63, 3.8) is 0 Å². The molecule has 8 nitrogen and oxygen atoms in total. The van der Waals surface area contributed by atoms with Crippen molar-refractivity contribution in [1.82, 2.24) is 0 Å². The summed E-state index contributed by atoms with van der Waals surface area (Å²) in [5.41, 5.74) is 0.403. The van der Waals surface area contributed by atoms with Gasteiger partial charge in [0.05, 0.1) is 24.5 Å². The summed E-state index contributed by atoms with van der Waals surface area (Å²) < 4.78 is 10.8. The quantitative estimate of drug-likeness (QED) is 0.177. The van der Waals surface area contributed by atoms with Gasteiger partial charge in [-0.1, -0.05) is 26.7 Å². The van der Waals surface area contributed by atoms with Crippen molar-refractivity contribution in [2.75, 3.05) is 13.7 Å². The molecule has 0 fully saturated rings. The van der Waals surface area contributed by atoms with Gasteiger partial charge in [0, 0.05) is 5.39 Å². The van der Waals surface area contributed by atoms with Crippen molar-refractivity contribution in [2.45, 2.75) is 44.9 Å². The number of phenolic OH excluding ortho intramolecular Hbond substituents is 1. The Morgan fingerprint density at radius 2 is 1.90 bits per heavy atom. The number of unbranched alkanes of at least 4 members (excludes halogenated alkanes) is 2. The van der Waals surface area contributed by atoms with Crippen molar-refractivity contribution in [3.8, 4) is 11.5 Å². The van der Waals surface area contributed by atoms with E-state index in [0.29, 0.717) is 33.9 Å². The Balaban J connectivity index is 1.89. The fraction of sp³-hybridized carbons (Fsp3) is 0.409. The van der Waals surface area contributed by atoms with Gasteiger partial charge in [-0.2, -0.15) is 0 Å². The number of rotatable bonds is 9. The Morgan fingerprint density at radius 3 is 2.60 bits per heavy atom. The molecule has 0 bridgehead atoms. The summed E-state index contributed by atoms with van der Waals surface area (Å²) in [6, 6.07) is 8.52. The molecule has 0 saturated heterocycles. The minimum atomic E-state index is -0.783. The van der Waals surface area contributed by atoms with Gasteiger partial charge in [0.25, 0.3) is 5.09 Å². The maximum Gasteiger partial charge on any atom is 0.344 e. The summed E-state index contributed by atoms with van der Waals surface area (Å²) >= 11 is 0. The largest absolute Gasteiger partial charge is 0.507 e. The first-order valence-corrected chi connectivity index (χ1v) is 9.78. The fourth-order valence-corrected chi connectivity index (χ4v) is 3.66. The first kappa shape index (κ1) is 21.4. The van der Waals surface area contributed by atoms with Crippen molar-refractivity contribution >= 4 is 21.7 Å². The lowest BCUT2D eigenvalue weighted by Gasteiger charge is -2.26. The van der Waals surface area contributed by atoms with E-state index in [2.05, 4.69) is 4.84 Å². The van der Waals surface area contributed by atoms with E-state index in [9.17, 15) is 20.0 Å². The maximum absolute atomic E-state index is 12.4. The lowest BCUT2D eigenvalue weighted by Crippen LogP contribution is -2.17. The Hall–Kier alpha value is -3.29. The Labute approximate surface area is 173 Å². The van der Waals surface area contributed by atoms with Gasteiger partial charge >= 0.3 is 5.63 Å². The van der Waals surface area contributed by atoms with Gasteiger partial charge < -0.3 is 19.1 Å². The minimum Gasteiger partial charge on any atom is -0.507 e. The molecule has 0 radical (unpaired) electrons. The lowest BCUT2D eigenvalue weighted by molar-refractivity contribution is -0.757. The molecule has 0 aliphatic heterocycles. The summed E-state index contributed by atoms with van der Waals surface area (Å²) in [7, 11) is 1.54. The van der Waals surface area contributed by atoms with Crippen molar-refractivity contribution in [1.29, 1.82) is 0 Å². The van der Waals surface area contributed by atoms with E-state index in [1.807, 2.05) is 13.8 Å². The Kier molecular flexibility index (Phi) is 6.14. The van der Waals surface area contributed by atoms with Crippen LogP contribution in [0.5, 0.6) is 11.5 Å². The third-order valence-corrected chi connectivity index (χ3v) is 5.42. The number of methoxy groups -OCH3 is 1. The Morgan fingerprint density at radius 1 is 1.13 bits per heavy atom. The molecule has 0 amide bonds. The Bertz CT molecular complexity index is 1130. The number of fused-ring (bicyclic) bond motifs is 3. The second kappa shape index (κ2) is 8.61. The number of nitrogens with zero attached hydrogens (tertiary/aromatic N) is 1. The molecule has 3 rings (SSSR count). The number of ether oxygens (including phenoxy) is 1. The number of phenols is 1. The first-order valence-electron chi connectivity index (χ1n) is 9.78. The number of aromatic hydroxyl groups is 1. The van der Waals surface area contributed by atoms with Crippen LogP contribution in [-0.2, 0) is 10.3 Å². The van der Waals surface area contributed by atoms with E-state index >= 15 is 0 Å². The van der Waals surface area contributed by atoms with Crippen LogP contribution in [0, 0.1) is 10.1 Å². The van der Waals surface area contributed by atoms with Crippen LogP contribution in [0.2, 0.25) is 0 Å². The van der Waals surface area contributed by atoms with Crippen LogP contribution in [0.15, 0.2) is 39.5 Å². The van der Waals surface area contributed by atoms with E-state index in [1.165, 1.54) is 0 Å². The van der Waals surface area contributed by atoms with Gasteiger partial charge in [0.2, 0.25) is 0 Å². The molecule has 0 unspecified atom stereocenters. The van der Waals surface area contributed by atoms with Gasteiger partial charge in [0.15, 0.2) is 0 Å². The standard InChI is InChI=1S/C22H25NO7/c1-22(2,9-5-4-6-10-29-23(26)27)14-11-18(24)20-17-13-15(28-3)7-8-16(17)21(25)30-19(20)12-14/h7-8,11-13,24H,4-6,9-10H2,1-3H3. The molecule has 160 valence electrons. The SMILES string of the molecule is COc1ccc2c(=O)oc3cc(C(C)(C)CCCCCO[N+](=O)[O-])cc(O)c3c2c1. The van der Waals surface area contributed by atoms with E-state index in [4.69, 9.17) is 9.15 Å².